The van der Waals surface area contributed by atoms with Gasteiger partial charge in [-0.2, -0.15) is 0 Å². The molecule has 0 saturated carbocycles. The average Bonchev–Trinajstić information content (AvgIpc) is 2.86. The van der Waals surface area contributed by atoms with Crippen LogP contribution < -0.4 is 15.8 Å². The van der Waals surface area contributed by atoms with Gasteiger partial charge in [-0.1, -0.05) is 20.8 Å². The lowest BCUT2D eigenvalue weighted by atomic mass is 9.96. The first-order valence-corrected chi connectivity index (χ1v) is 9.45. The summed E-state index contributed by atoms with van der Waals surface area (Å²) in [5.41, 5.74) is 5.00. The Bertz CT molecular complexity index is 603. The van der Waals surface area contributed by atoms with Gasteiger partial charge in [-0.05, 0) is 25.5 Å². The van der Waals surface area contributed by atoms with E-state index in [0.717, 1.165) is 4.88 Å². The Morgan fingerprint density at radius 2 is 2.00 bits per heavy atom. The molecule has 1 atom stereocenters. The lowest BCUT2D eigenvalue weighted by Crippen LogP contribution is -2.37. The van der Waals surface area contributed by atoms with Crippen LogP contribution in [0.3, 0.4) is 0 Å². The summed E-state index contributed by atoms with van der Waals surface area (Å²) in [6.07, 6.45) is 0.606. The SMILES string of the molecule is C[C@@H](CN)NS(=O)(=O)c1ccc(CCNC(=O)C(C)(C)C)s1. The number of rotatable bonds is 7. The predicted octanol–water partition coefficient (Wildman–Crippen LogP) is 1.08. The number of hydrogen-bond donors (Lipinski definition) is 3. The normalized spacial score (nSPS) is 13.9. The average molecular weight is 348 g/mol. The zero-order valence-corrected chi connectivity index (χ0v) is 15.1. The van der Waals surface area contributed by atoms with Crippen LogP contribution >= 0.6 is 11.3 Å². The number of nitrogens with two attached hydrogens (primary N) is 1. The van der Waals surface area contributed by atoms with Gasteiger partial charge < -0.3 is 11.1 Å². The molecule has 126 valence electrons. The second-order valence-electron chi connectivity index (χ2n) is 6.23. The maximum atomic E-state index is 12.1. The molecule has 1 heterocycles. The number of nitrogens with one attached hydrogen (secondary N) is 2. The molecule has 0 bridgehead atoms. The van der Waals surface area contributed by atoms with E-state index >= 15 is 0 Å². The summed E-state index contributed by atoms with van der Waals surface area (Å²) in [5, 5.41) is 2.85. The molecule has 1 amide bonds. The van der Waals surface area contributed by atoms with Crippen LogP contribution in [0, 0.1) is 5.41 Å². The highest BCUT2D eigenvalue weighted by Gasteiger charge is 2.21. The minimum atomic E-state index is -3.51. The molecule has 0 aromatic carbocycles. The van der Waals surface area contributed by atoms with Gasteiger partial charge in [-0.15, -0.1) is 11.3 Å². The molecule has 0 aliphatic rings. The quantitative estimate of drug-likeness (QED) is 0.687. The van der Waals surface area contributed by atoms with Gasteiger partial charge in [0.15, 0.2) is 0 Å². The molecule has 0 aliphatic carbocycles. The van der Waals surface area contributed by atoms with Crippen molar-refractivity contribution in [1.29, 1.82) is 0 Å². The van der Waals surface area contributed by atoms with E-state index in [0.29, 0.717) is 13.0 Å². The number of carbonyl (C=O) groups is 1. The smallest absolute Gasteiger partial charge is 0.250 e. The monoisotopic (exact) mass is 347 g/mol. The molecular formula is C14H25N3O3S2. The van der Waals surface area contributed by atoms with Crippen molar-refractivity contribution in [3.05, 3.63) is 17.0 Å². The third-order valence-corrected chi connectivity index (χ3v) is 6.18. The van der Waals surface area contributed by atoms with Gasteiger partial charge in [0.05, 0.1) is 0 Å². The van der Waals surface area contributed by atoms with Crippen LogP contribution in [0.15, 0.2) is 16.3 Å². The minimum absolute atomic E-state index is 0.0182. The number of amides is 1. The highest BCUT2D eigenvalue weighted by atomic mass is 32.2. The van der Waals surface area contributed by atoms with Crippen LogP contribution in [0.4, 0.5) is 0 Å². The molecular weight excluding hydrogens is 322 g/mol. The first-order chi connectivity index (χ1) is 10.1. The summed E-state index contributed by atoms with van der Waals surface area (Å²) >= 11 is 1.21. The molecule has 0 aliphatic heterocycles. The molecule has 6 nitrogen and oxygen atoms in total. The van der Waals surface area contributed by atoms with E-state index in [4.69, 9.17) is 5.73 Å². The third-order valence-electron chi connectivity index (χ3n) is 2.95. The van der Waals surface area contributed by atoms with E-state index in [1.807, 2.05) is 20.8 Å². The predicted molar refractivity (Wildman–Crippen MR) is 89.3 cm³/mol. The largest absolute Gasteiger partial charge is 0.355 e. The highest BCUT2D eigenvalue weighted by molar-refractivity contribution is 7.91. The topological polar surface area (TPSA) is 101 Å². The number of carbonyl (C=O) groups excluding carboxylic acids is 1. The summed E-state index contributed by atoms with van der Waals surface area (Å²) in [7, 11) is -3.51. The Hall–Kier alpha value is -0.960. The first kappa shape index (κ1) is 19.1. The van der Waals surface area contributed by atoms with Crippen molar-refractivity contribution < 1.29 is 13.2 Å². The van der Waals surface area contributed by atoms with Crippen LogP contribution in [-0.2, 0) is 21.2 Å². The van der Waals surface area contributed by atoms with Crippen molar-refractivity contribution in [3.8, 4) is 0 Å². The van der Waals surface area contributed by atoms with Crippen molar-refractivity contribution in [3.63, 3.8) is 0 Å². The molecule has 0 unspecified atom stereocenters. The fraction of sp³-hybridized carbons (Fsp3) is 0.643. The van der Waals surface area contributed by atoms with E-state index in [9.17, 15) is 13.2 Å². The Labute approximate surface area is 136 Å². The fourth-order valence-corrected chi connectivity index (χ4v) is 4.20. The van der Waals surface area contributed by atoms with Crippen LogP contribution in [0.25, 0.3) is 0 Å². The van der Waals surface area contributed by atoms with Gasteiger partial charge in [-0.3, -0.25) is 4.79 Å². The van der Waals surface area contributed by atoms with E-state index in [1.54, 1.807) is 19.1 Å². The van der Waals surface area contributed by atoms with Crippen LogP contribution in [0.5, 0.6) is 0 Å². The Morgan fingerprint density at radius 1 is 1.36 bits per heavy atom. The molecule has 0 spiro atoms. The molecule has 1 aromatic rings. The molecule has 4 N–H and O–H groups in total. The molecule has 0 saturated heterocycles. The number of thiophene rings is 1. The number of sulfonamides is 1. The lowest BCUT2D eigenvalue weighted by molar-refractivity contribution is -0.128. The zero-order chi connectivity index (χ0) is 17.0. The van der Waals surface area contributed by atoms with Crippen LogP contribution in [0.1, 0.15) is 32.6 Å². The van der Waals surface area contributed by atoms with Crippen molar-refractivity contribution in [1.82, 2.24) is 10.0 Å². The van der Waals surface area contributed by atoms with Gasteiger partial charge >= 0.3 is 0 Å². The van der Waals surface area contributed by atoms with E-state index < -0.39 is 15.4 Å². The molecule has 0 fully saturated rings. The molecule has 1 aromatic heterocycles. The van der Waals surface area contributed by atoms with E-state index in [2.05, 4.69) is 10.0 Å². The summed E-state index contributed by atoms with van der Waals surface area (Å²) in [5.74, 6) is -0.0182. The van der Waals surface area contributed by atoms with E-state index in [1.165, 1.54) is 11.3 Å². The third kappa shape index (κ3) is 5.68. The molecule has 22 heavy (non-hydrogen) atoms. The second kappa shape index (κ2) is 7.54. The Kier molecular flexibility index (Phi) is 6.54. The van der Waals surface area contributed by atoms with Crippen LogP contribution in [-0.4, -0.2) is 33.5 Å². The summed E-state index contributed by atoms with van der Waals surface area (Å²) < 4.78 is 27.0. The maximum Gasteiger partial charge on any atom is 0.250 e. The standard InChI is InChI=1S/C14H25N3O3S2/c1-10(9-15)17-22(19,20)12-6-5-11(21-12)7-8-16-13(18)14(2,3)4/h5-6,10,17H,7-9,15H2,1-4H3,(H,16,18)/t10-/m0/s1. The van der Waals surface area contributed by atoms with Crippen molar-refractivity contribution in [2.45, 2.75) is 44.4 Å². The zero-order valence-electron chi connectivity index (χ0n) is 13.5. The summed E-state index contributed by atoms with van der Waals surface area (Å²) in [4.78, 5) is 12.7. The van der Waals surface area contributed by atoms with Crippen molar-refractivity contribution in [2.75, 3.05) is 13.1 Å². The van der Waals surface area contributed by atoms with Gasteiger partial charge in [0.25, 0.3) is 0 Å². The van der Waals surface area contributed by atoms with Crippen molar-refractivity contribution >= 4 is 27.3 Å². The van der Waals surface area contributed by atoms with Gasteiger partial charge in [0, 0.05) is 29.4 Å². The molecule has 8 heteroatoms. The molecule has 1 rings (SSSR count). The van der Waals surface area contributed by atoms with Crippen molar-refractivity contribution in [2.24, 2.45) is 11.1 Å². The Morgan fingerprint density at radius 3 is 2.55 bits per heavy atom. The second-order valence-corrected chi connectivity index (χ2v) is 9.34. The minimum Gasteiger partial charge on any atom is -0.355 e. The van der Waals surface area contributed by atoms with Gasteiger partial charge in [0.2, 0.25) is 15.9 Å². The fourth-order valence-electron chi connectivity index (χ4n) is 1.57. The summed E-state index contributed by atoms with van der Waals surface area (Å²) in [6, 6.07) is 3.05. The van der Waals surface area contributed by atoms with Gasteiger partial charge in [-0.25, -0.2) is 13.1 Å². The Balaban J connectivity index is 2.60. The van der Waals surface area contributed by atoms with Gasteiger partial charge in [0.1, 0.15) is 4.21 Å². The molecule has 0 radical (unpaired) electrons. The maximum absolute atomic E-state index is 12.1. The number of hydrogen-bond acceptors (Lipinski definition) is 5. The lowest BCUT2D eigenvalue weighted by Gasteiger charge is -2.17. The summed E-state index contributed by atoms with van der Waals surface area (Å²) in [6.45, 7) is 8.00. The highest BCUT2D eigenvalue weighted by Crippen LogP contribution is 2.22. The van der Waals surface area contributed by atoms with E-state index in [-0.39, 0.29) is 22.7 Å². The van der Waals surface area contributed by atoms with Crippen LogP contribution in [0.2, 0.25) is 0 Å². The first-order valence-electron chi connectivity index (χ1n) is 7.15.